The minimum Gasteiger partial charge on any atom is -0.377 e. The summed E-state index contributed by atoms with van der Waals surface area (Å²) in [7, 11) is 0. The fourth-order valence-electron chi connectivity index (χ4n) is 3.20. The van der Waals surface area contributed by atoms with Gasteiger partial charge in [-0.25, -0.2) is 9.78 Å². The summed E-state index contributed by atoms with van der Waals surface area (Å²) in [4.78, 5) is 11.6. The van der Waals surface area contributed by atoms with E-state index in [4.69, 9.17) is 11.6 Å². The molecule has 11 heteroatoms. The molecule has 0 amide bonds. The van der Waals surface area contributed by atoms with Gasteiger partial charge in [0.1, 0.15) is 10.7 Å². The topological polar surface area (TPSA) is 88.5 Å². The number of halogens is 4. The number of H-pyrrole nitrogens is 1. The predicted octanol–water partition coefficient (Wildman–Crippen LogP) is 4.37. The zero-order chi connectivity index (χ0) is 22.8. The van der Waals surface area contributed by atoms with Crippen LogP contribution in [0.25, 0.3) is 0 Å². The number of aromatic nitrogens is 5. The first kappa shape index (κ1) is 22.5. The second-order valence-electron chi connectivity index (χ2n) is 7.10. The lowest BCUT2D eigenvalue weighted by molar-refractivity contribution is -0.138. The number of nitrogens with one attached hydrogen (secondary N) is 2. The Labute approximate surface area is 180 Å². The largest absolute Gasteiger partial charge is 0.416 e. The molecule has 1 aromatic carbocycles. The van der Waals surface area contributed by atoms with Gasteiger partial charge in [0.25, 0.3) is 5.56 Å². The number of anilines is 1. The molecule has 3 rings (SSSR count). The molecule has 0 saturated heterocycles. The van der Waals surface area contributed by atoms with Gasteiger partial charge in [-0.2, -0.15) is 18.3 Å². The molecule has 0 aliphatic carbocycles. The van der Waals surface area contributed by atoms with E-state index >= 15 is 0 Å². The van der Waals surface area contributed by atoms with Crippen LogP contribution >= 0.6 is 11.6 Å². The molecule has 164 valence electrons. The fraction of sp³-hybridized carbons (Fsp3) is 0.300. The number of allylic oxidation sites excluding steroid dienone is 1. The average molecular weight is 453 g/mol. The summed E-state index contributed by atoms with van der Waals surface area (Å²) in [6.07, 6.45) is -2.77. The third-order valence-corrected chi connectivity index (χ3v) is 5.04. The Morgan fingerprint density at radius 3 is 2.74 bits per heavy atom. The van der Waals surface area contributed by atoms with Crippen molar-refractivity contribution in [3.05, 3.63) is 80.5 Å². The Bertz CT molecular complexity index is 1150. The molecule has 2 heterocycles. The van der Waals surface area contributed by atoms with E-state index in [0.29, 0.717) is 23.5 Å². The molecule has 0 fully saturated rings. The molecule has 3 aromatic rings. The van der Waals surface area contributed by atoms with E-state index in [2.05, 4.69) is 32.4 Å². The van der Waals surface area contributed by atoms with E-state index in [1.54, 1.807) is 19.9 Å². The van der Waals surface area contributed by atoms with Crippen LogP contribution < -0.4 is 10.9 Å². The molecule has 0 saturated carbocycles. The molecule has 0 aliphatic rings. The smallest absolute Gasteiger partial charge is 0.377 e. The molecule has 1 atom stereocenters. The zero-order valence-corrected chi connectivity index (χ0v) is 17.6. The van der Waals surface area contributed by atoms with Crippen LogP contribution in [-0.4, -0.2) is 25.2 Å². The van der Waals surface area contributed by atoms with Crippen molar-refractivity contribution in [2.24, 2.45) is 0 Å². The highest BCUT2D eigenvalue weighted by Crippen LogP contribution is 2.36. The maximum atomic E-state index is 13.5. The minimum atomic E-state index is -4.49. The van der Waals surface area contributed by atoms with Gasteiger partial charge in [-0.05, 0) is 25.5 Å². The molecule has 31 heavy (non-hydrogen) atoms. The van der Waals surface area contributed by atoms with Crippen LogP contribution in [0.15, 0.2) is 47.4 Å². The number of aromatic amines is 1. The first-order chi connectivity index (χ1) is 14.6. The van der Waals surface area contributed by atoms with Crippen LogP contribution in [0.2, 0.25) is 5.02 Å². The monoisotopic (exact) mass is 452 g/mol. The summed E-state index contributed by atoms with van der Waals surface area (Å²) in [5.74, 6) is 0. The van der Waals surface area contributed by atoms with Crippen LogP contribution in [0, 0.1) is 0 Å². The predicted molar refractivity (Wildman–Crippen MR) is 111 cm³/mol. The number of nitrogens with zero attached hydrogens (tertiary/aromatic N) is 4. The molecule has 7 nitrogen and oxygen atoms in total. The summed E-state index contributed by atoms with van der Waals surface area (Å²) < 4.78 is 42.0. The zero-order valence-electron chi connectivity index (χ0n) is 16.8. The van der Waals surface area contributed by atoms with E-state index in [0.717, 1.165) is 11.6 Å². The van der Waals surface area contributed by atoms with E-state index in [1.165, 1.54) is 23.0 Å². The number of hydrogen-bond acceptors (Lipinski definition) is 5. The summed E-state index contributed by atoms with van der Waals surface area (Å²) in [6.45, 7) is 7.48. The Kier molecular flexibility index (Phi) is 6.49. The number of alkyl halides is 3. The van der Waals surface area contributed by atoms with Gasteiger partial charge in [-0.15, -0.1) is 5.10 Å². The van der Waals surface area contributed by atoms with Crippen LogP contribution in [0.4, 0.5) is 18.9 Å². The summed E-state index contributed by atoms with van der Waals surface area (Å²) in [5.41, 5.74) is 1.02. The molecule has 2 N–H and O–H groups in total. The van der Waals surface area contributed by atoms with Crippen LogP contribution in [-0.2, 0) is 19.1 Å². The lowest BCUT2D eigenvalue weighted by Crippen LogP contribution is -2.18. The summed E-state index contributed by atoms with van der Waals surface area (Å²) >= 11 is 5.97. The summed E-state index contributed by atoms with van der Waals surface area (Å²) in [6, 6.07) is 4.66. The molecule has 0 spiro atoms. The summed E-state index contributed by atoms with van der Waals surface area (Å²) in [5, 5.41) is 17.1. The normalized spacial score (nSPS) is 12.6. The van der Waals surface area contributed by atoms with E-state index in [1.807, 2.05) is 0 Å². The SMILES string of the molecule is C=C(C)Cc1c(CNc2cn[nH]c(=O)c2Cl)nnn1[C@H](C)c1ccccc1C(F)(F)F. The van der Waals surface area contributed by atoms with Gasteiger partial charge in [-0.3, -0.25) is 4.79 Å². The van der Waals surface area contributed by atoms with Crippen molar-refractivity contribution in [3.8, 4) is 0 Å². The molecule has 0 bridgehead atoms. The Balaban J connectivity index is 1.97. The highest BCUT2D eigenvalue weighted by molar-refractivity contribution is 6.32. The molecule has 0 unspecified atom stereocenters. The van der Waals surface area contributed by atoms with Gasteiger partial charge in [0.2, 0.25) is 0 Å². The second-order valence-corrected chi connectivity index (χ2v) is 7.48. The second kappa shape index (κ2) is 8.93. The number of rotatable bonds is 7. The van der Waals surface area contributed by atoms with Crippen molar-refractivity contribution in [1.29, 1.82) is 0 Å². The first-order valence-corrected chi connectivity index (χ1v) is 9.68. The van der Waals surface area contributed by atoms with Crippen molar-refractivity contribution < 1.29 is 13.2 Å². The van der Waals surface area contributed by atoms with Crippen molar-refractivity contribution >= 4 is 17.3 Å². The van der Waals surface area contributed by atoms with Crippen LogP contribution in [0.3, 0.4) is 0 Å². The van der Waals surface area contributed by atoms with Crippen molar-refractivity contribution in [2.75, 3.05) is 5.32 Å². The Morgan fingerprint density at radius 1 is 1.35 bits per heavy atom. The van der Waals surface area contributed by atoms with Crippen LogP contribution in [0.1, 0.15) is 42.4 Å². The fourth-order valence-corrected chi connectivity index (χ4v) is 3.36. The molecule has 0 aliphatic heterocycles. The van der Waals surface area contributed by atoms with Gasteiger partial charge in [-0.1, -0.05) is 47.2 Å². The molecular weight excluding hydrogens is 433 g/mol. The van der Waals surface area contributed by atoms with Gasteiger partial charge in [0, 0.05) is 6.42 Å². The van der Waals surface area contributed by atoms with Crippen LogP contribution in [0.5, 0.6) is 0 Å². The minimum absolute atomic E-state index is 0.0590. The molecular formula is C20H20ClF3N6O. The van der Waals surface area contributed by atoms with Crippen molar-refractivity contribution in [2.45, 2.75) is 39.0 Å². The maximum Gasteiger partial charge on any atom is 0.416 e. The number of benzene rings is 1. The maximum absolute atomic E-state index is 13.5. The quantitative estimate of drug-likeness (QED) is 0.519. The lowest BCUT2D eigenvalue weighted by atomic mass is 10.0. The van der Waals surface area contributed by atoms with E-state index in [9.17, 15) is 18.0 Å². The van der Waals surface area contributed by atoms with E-state index in [-0.39, 0.29) is 17.1 Å². The standard InChI is InChI=1S/C20H20ClF3N6O/c1-11(2)8-17-15(9-25-16-10-26-28-19(31)18(16)21)27-29-30(17)12(3)13-6-4-5-7-14(13)20(22,23)24/h4-7,10,12H,1,8-9H2,2-3H3,(H2,25,28,31)/t12-/m1/s1. The first-order valence-electron chi connectivity index (χ1n) is 9.30. The van der Waals surface area contributed by atoms with Crippen molar-refractivity contribution in [1.82, 2.24) is 25.2 Å². The van der Waals surface area contributed by atoms with E-state index < -0.39 is 23.3 Å². The number of hydrogen-bond donors (Lipinski definition) is 2. The lowest BCUT2D eigenvalue weighted by Gasteiger charge is -2.20. The van der Waals surface area contributed by atoms with Crippen molar-refractivity contribution in [3.63, 3.8) is 0 Å². The Morgan fingerprint density at radius 2 is 2.06 bits per heavy atom. The van der Waals surface area contributed by atoms with Gasteiger partial charge >= 0.3 is 6.18 Å². The van der Waals surface area contributed by atoms with Gasteiger partial charge in [0.05, 0.1) is 35.7 Å². The highest BCUT2D eigenvalue weighted by atomic mass is 35.5. The highest BCUT2D eigenvalue weighted by Gasteiger charge is 2.35. The average Bonchev–Trinajstić information content (AvgIpc) is 3.09. The Hall–Kier alpha value is -3.14. The third-order valence-electron chi connectivity index (χ3n) is 4.67. The van der Waals surface area contributed by atoms with Gasteiger partial charge < -0.3 is 5.32 Å². The third kappa shape index (κ3) is 4.96. The van der Waals surface area contributed by atoms with Gasteiger partial charge in [0.15, 0.2) is 0 Å². The molecule has 2 aromatic heterocycles. The molecule has 0 radical (unpaired) electrons.